The van der Waals surface area contributed by atoms with Crippen LogP contribution in [-0.2, 0) is 6.54 Å². The highest BCUT2D eigenvalue weighted by Crippen LogP contribution is 2.35. The van der Waals surface area contributed by atoms with E-state index in [1.165, 1.54) is 0 Å². The van der Waals surface area contributed by atoms with E-state index in [0.29, 0.717) is 28.2 Å². The summed E-state index contributed by atoms with van der Waals surface area (Å²) in [5, 5.41) is 7.41. The van der Waals surface area contributed by atoms with Gasteiger partial charge in [0.25, 0.3) is 0 Å². The molecule has 1 heterocycles. The number of benzene rings is 2. The molecule has 2 aromatic carbocycles. The van der Waals surface area contributed by atoms with E-state index in [9.17, 15) is 0 Å². The van der Waals surface area contributed by atoms with Crippen LogP contribution in [0.3, 0.4) is 0 Å². The van der Waals surface area contributed by atoms with Gasteiger partial charge in [0.1, 0.15) is 0 Å². The molecule has 0 bridgehead atoms. The number of hydrogen-bond acceptors (Lipinski definition) is 4. The molecule has 2 aromatic rings. The molecule has 0 atom stereocenters. The van der Waals surface area contributed by atoms with Crippen LogP contribution in [0.2, 0.25) is 10.0 Å². The number of halogens is 3. The fraction of sp³-hybridized carbons (Fsp3) is 0.176. The molecule has 1 aliphatic rings. The zero-order valence-corrected chi connectivity index (χ0v) is 16.9. The minimum absolute atomic E-state index is 0. The largest absolute Gasteiger partial charge is 0.376 e. The van der Waals surface area contributed by atoms with Gasteiger partial charge in [0.2, 0.25) is 0 Å². The fourth-order valence-electron chi connectivity index (χ4n) is 2.50. The summed E-state index contributed by atoms with van der Waals surface area (Å²) < 4.78 is 0. The summed E-state index contributed by atoms with van der Waals surface area (Å²) in [7, 11) is 0. The Morgan fingerprint density at radius 1 is 1.23 bits per heavy atom. The van der Waals surface area contributed by atoms with Gasteiger partial charge in [0.15, 0.2) is 11.1 Å². The van der Waals surface area contributed by atoms with E-state index in [1.54, 1.807) is 17.0 Å². The molecule has 1 aliphatic heterocycles. The van der Waals surface area contributed by atoms with E-state index in [0.717, 1.165) is 24.3 Å². The van der Waals surface area contributed by atoms with E-state index >= 15 is 0 Å². The molecule has 4 N–H and O–H groups in total. The standard InChI is InChI=1S/C17H17Cl2N5S.ClH/c18-13-8-12(9-14(19)15(13)23-17-21-6-7-22-17)24(16(20)25)10-11-4-2-1-3-5-11;/h1-5,8-9H,6-7,10H2,(H2,20,25)(H2,21,22,23);1H. The van der Waals surface area contributed by atoms with Crippen LogP contribution < -0.4 is 21.3 Å². The summed E-state index contributed by atoms with van der Waals surface area (Å²) in [6, 6.07) is 13.5. The van der Waals surface area contributed by atoms with Crippen LogP contribution in [0, 0.1) is 0 Å². The average molecular weight is 431 g/mol. The molecule has 26 heavy (non-hydrogen) atoms. The lowest BCUT2D eigenvalue weighted by molar-refractivity contribution is 0.959. The highest BCUT2D eigenvalue weighted by atomic mass is 35.5. The molecule has 138 valence electrons. The van der Waals surface area contributed by atoms with Gasteiger partial charge in [-0.2, -0.15) is 0 Å². The van der Waals surface area contributed by atoms with Crippen LogP contribution in [0.5, 0.6) is 0 Å². The predicted molar refractivity (Wildman–Crippen MR) is 117 cm³/mol. The number of aliphatic imine (C=N–C) groups is 1. The van der Waals surface area contributed by atoms with Crippen molar-refractivity contribution in [3.63, 3.8) is 0 Å². The Morgan fingerprint density at radius 2 is 1.88 bits per heavy atom. The van der Waals surface area contributed by atoms with Crippen LogP contribution >= 0.6 is 47.8 Å². The van der Waals surface area contributed by atoms with Crippen LogP contribution in [0.4, 0.5) is 11.4 Å². The number of nitrogens with two attached hydrogens (primary N) is 1. The monoisotopic (exact) mass is 429 g/mol. The van der Waals surface area contributed by atoms with Crippen molar-refractivity contribution in [2.24, 2.45) is 10.7 Å². The minimum Gasteiger partial charge on any atom is -0.376 e. The fourth-order valence-corrected chi connectivity index (χ4v) is 3.24. The average Bonchev–Trinajstić information content (AvgIpc) is 3.09. The highest BCUT2D eigenvalue weighted by Gasteiger charge is 2.17. The molecule has 0 amide bonds. The molecule has 0 fully saturated rings. The van der Waals surface area contributed by atoms with Crippen LogP contribution in [0.25, 0.3) is 0 Å². The number of guanidine groups is 1. The van der Waals surface area contributed by atoms with Gasteiger partial charge in [0, 0.05) is 12.2 Å². The minimum atomic E-state index is 0. The van der Waals surface area contributed by atoms with Crippen molar-refractivity contribution in [1.82, 2.24) is 5.32 Å². The Bertz CT molecular complexity index is 790. The Hall–Kier alpha value is -1.73. The quantitative estimate of drug-likeness (QED) is 0.639. The first kappa shape index (κ1) is 20.6. The summed E-state index contributed by atoms with van der Waals surface area (Å²) >= 11 is 18.1. The van der Waals surface area contributed by atoms with Gasteiger partial charge >= 0.3 is 0 Å². The predicted octanol–water partition coefficient (Wildman–Crippen LogP) is 4.04. The van der Waals surface area contributed by atoms with Crippen molar-refractivity contribution in [3.05, 3.63) is 58.1 Å². The van der Waals surface area contributed by atoms with Crippen molar-refractivity contribution >= 4 is 70.3 Å². The van der Waals surface area contributed by atoms with Gasteiger partial charge in [-0.15, -0.1) is 12.4 Å². The van der Waals surface area contributed by atoms with Crippen molar-refractivity contribution in [3.8, 4) is 0 Å². The molecule has 0 aliphatic carbocycles. The number of rotatable bonds is 4. The second-order valence-corrected chi connectivity index (χ2v) is 6.71. The summed E-state index contributed by atoms with van der Waals surface area (Å²) in [6.45, 7) is 2.05. The first-order chi connectivity index (χ1) is 12.0. The molecular weight excluding hydrogens is 413 g/mol. The van der Waals surface area contributed by atoms with Crippen molar-refractivity contribution in [2.45, 2.75) is 6.54 Å². The van der Waals surface area contributed by atoms with E-state index in [4.69, 9.17) is 41.2 Å². The maximum atomic E-state index is 6.42. The summed E-state index contributed by atoms with van der Waals surface area (Å²) in [5.74, 6) is 0.659. The third-order valence-electron chi connectivity index (χ3n) is 3.71. The van der Waals surface area contributed by atoms with Gasteiger partial charge in [0.05, 0.1) is 28.8 Å². The van der Waals surface area contributed by atoms with E-state index in [-0.39, 0.29) is 17.5 Å². The lowest BCUT2D eigenvalue weighted by atomic mass is 10.2. The number of thiocarbonyl (C=S) groups is 1. The lowest BCUT2D eigenvalue weighted by Crippen LogP contribution is -2.35. The van der Waals surface area contributed by atoms with Gasteiger partial charge < -0.3 is 21.3 Å². The Balaban J connectivity index is 0.00000243. The Morgan fingerprint density at radius 3 is 2.42 bits per heavy atom. The van der Waals surface area contributed by atoms with Crippen LogP contribution in [0.15, 0.2) is 47.5 Å². The topological polar surface area (TPSA) is 65.7 Å². The molecule has 0 unspecified atom stereocenters. The SMILES string of the molecule is Cl.NC(=S)N(Cc1ccccc1)c1cc(Cl)c(NC2=NCCN2)c(Cl)c1. The summed E-state index contributed by atoms with van der Waals surface area (Å²) in [4.78, 5) is 6.07. The summed E-state index contributed by atoms with van der Waals surface area (Å²) in [6.07, 6.45) is 0. The molecule has 3 rings (SSSR count). The smallest absolute Gasteiger partial charge is 0.196 e. The van der Waals surface area contributed by atoms with Crippen LogP contribution in [-0.4, -0.2) is 24.2 Å². The zero-order chi connectivity index (χ0) is 17.8. The maximum absolute atomic E-state index is 6.42. The molecule has 0 spiro atoms. The van der Waals surface area contributed by atoms with Gasteiger partial charge in [-0.05, 0) is 29.9 Å². The van der Waals surface area contributed by atoms with Gasteiger partial charge in [-0.1, -0.05) is 53.5 Å². The first-order valence-corrected chi connectivity index (χ1v) is 8.86. The number of hydrogen-bond donors (Lipinski definition) is 3. The number of nitrogens with one attached hydrogen (secondary N) is 2. The summed E-state index contributed by atoms with van der Waals surface area (Å²) in [5.41, 5.74) is 8.33. The van der Waals surface area contributed by atoms with E-state index in [2.05, 4.69) is 15.6 Å². The second kappa shape index (κ2) is 9.28. The van der Waals surface area contributed by atoms with Gasteiger partial charge in [-0.3, -0.25) is 4.99 Å². The number of nitrogens with zero attached hydrogens (tertiary/aromatic N) is 2. The van der Waals surface area contributed by atoms with Crippen molar-refractivity contribution < 1.29 is 0 Å². The normalized spacial score (nSPS) is 12.6. The lowest BCUT2D eigenvalue weighted by Gasteiger charge is -2.24. The molecule has 0 radical (unpaired) electrons. The number of anilines is 2. The third-order valence-corrected chi connectivity index (χ3v) is 4.52. The molecule has 0 aromatic heterocycles. The van der Waals surface area contributed by atoms with Crippen molar-refractivity contribution in [2.75, 3.05) is 23.3 Å². The Kier molecular flexibility index (Phi) is 7.34. The molecule has 0 saturated heterocycles. The van der Waals surface area contributed by atoms with E-state index in [1.807, 2.05) is 30.3 Å². The maximum Gasteiger partial charge on any atom is 0.196 e. The van der Waals surface area contributed by atoms with Gasteiger partial charge in [-0.25, -0.2) is 0 Å². The Labute approximate surface area is 174 Å². The van der Waals surface area contributed by atoms with Crippen molar-refractivity contribution in [1.29, 1.82) is 0 Å². The third kappa shape index (κ3) is 4.92. The second-order valence-electron chi connectivity index (χ2n) is 5.48. The molecule has 0 saturated carbocycles. The first-order valence-electron chi connectivity index (χ1n) is 7.70. The van der Waals surface area contributed by atoms with Crippen LogP contribution in [0.1, 0.15) is 5.56 Å². The zero-order valence-electron chi connectivity index (χ0n) is 13.7. The highest BCUT2D eigenvalue weighted by molar-refractivity contribution is 7.80. The molecule has 9 heteroatoms. The molecular formula is C17H18Cl3N5S. The van der Waals surface area contributed by atoms with E-state index < -0.39 is 0 Å². The molecule has 5 nitrogen and oxygen atoms in total.